The molecule has 0 atom stereocenters. The molecule has 2 aromatic carbocycles. The van der Waals surface area contributed by atoms with E-state index in [-0.39, 0.29) is 5.91 Å². The zero-order valence-electron chi connectivity index (χ0n) is 10.8. The van der Waals surface area contributed by atoms with Crippen molar-refractivity contribution in [1.29, 1.82) is 0 Å². The number of hydrogen-bond acceptors (Lipinski definition) is 2. The van der Waals surface area contributed by atoms with Crippen molar-refractivity contribution in [3.63, 3.8) is 0 Å². The standard InChI is InChI=1S/C15H15ClN2O/c1-9-3-4-10(2)14(7-9)18-15(19)12-8-11(17)5-6-13(12)16/h3-8H,17H2,1-2H3,(H,18,19). The van der Waals surface area contributed by atoms with E-state index in [9.17, 15) is 4.79 Å². The number of nitrogens with two attached hydrogens (primary N) is 1. The van der Waals surface area contributed by atoms with Crippen molar-refractivity contribution in [3.05, 3.63) is 58.1 Å². The molecule has 1 amide bonds. The molecule has 19 heavy (non-hydrogen) atoms. The molecule has 0 aliphatic heterocycles. The molecule has 98 valence electrons. The van der Waals surface area contributed by atoms with Gasteiger partial charge in [0.15, 0.2) is 0 Å². The van der Waals surface area contributed by atoms with Crippen LogP contribution in [0.25, 0.3) is 0 Å². The van der Waals surface area contributed by atoms with Crippen molar-refractivity contribution < 1.29 is 4.79 Å². The lowest BCUT2D eigenvalue weighted by Crippen LogP contribution is -2.13. The summed E-state index contributed by atoms with van der Waals surface area (Å²) in [6.45, 7) is 3.92. The highest BCUT2D eigenvalue weighted by molar-refractivity contribution is 6.34. The van der Waals surface area contributed by atoms with Gasteiger partial charge in [0, 0.05) is 11.4 Å². The first kappa shape index (κ1) is 13.4. The van der Waals surface area contributed by atoms with Gasteiger partial charge < -0.3 is 11.1 Å². The average Bonchev–Trinajstić information content (AvgIpc) is 2.36. The monoisotopic (exact) mass is 274 g/mol. The zero-order chi connectivity index (χ0) is 14.0. The van der Waals surface area contributed by atoms with Gasteiger partial charge in [-0.25, -0.2) is 0 Å². The van der Waals surface area contributed by atoms with Crippen LogP contribution in [0, 0.1) is 13.8 Å². The summed E-state index contributed by atoms with van der Waals surface area (Å²) in [6, 6.07) is 10.7. The Balaban J connectivity index is 2.30. The predicted molar refractivity (Wildman–Crippen MR) is 79.7 cm³/mol. The van der Waals surface area contributed by atoms with Gasteiger partial charge in [0.05, 0.1) is 10.6 Å². The molecule has 3 N–H and O–H groups in total. The number of nitrogen functional groups attached to an aromatic ring is 1. The van der Waals surface area contributed by atoms with Gasteiger partial charge in [-0.15, -0.1) is 0 Å². The lowest BCUT2D eigenvalue weighted by atomic mass is 10.1. The number of halogens is 1. The summed E-state index contributed by atoms with van der Waals surface area (Å²) in [6.07, 6.45) is 0. The third kappa shape index (κ3) is 3.06. The van der Waals surface area contributed by atoms with Gasteiger partial charge >= 0.3 is 0 Å². The van der Waals surface area contributed by atoms with E-state index >= 15 is 0 Å². The van der Waals surface area contributed by atoms with E-state index in [1.54, 1.807) is 18.2 Å². The third-order valence-corrected chi connectivity index (χ3v) is 3.21. The number of hydrogen-bond donors (Lipinski definition) is 2. The Morgan fingerprint density at radius 1 is 1.16 bits per heavy atom. The minimum absolute atomic E-state index is 0.258. The van der Waals surface area contributed by atoms with Crippen LogP contribution in [0.3, 0.4) is 0 Å². The number of rotatable bonds is 2. The third-order valence-electron chi connectivity index (χ3n) is 2.88. The normalized spacial score (nSPS) is 10.3. The van der Waals surface area contributed by atoms with Gasteiger partial charge in [-0.3, -0.25) is 4.79 Å². The largest absolute Gasteiger partial charge is 0.399 e. The Bertz CT molecular complexity index is 638. The van der Waals surface area contributed by atoms with E-state index in [1.807, 2.05) is 32.0 Å². The Hall–Kier alpha value is -2.00. The summed E-state index contributed by atoms with van der Waals surface area (Å²) < 4.78 is 0. The van der Waals surface area contributed by atoms with Crippen LogP contribution in [-0.4, -0.2) is 5.91 Å². The lowest BCUT2D eigenvalue weighted by Gasteiger charge is -2.10. The molecule has 0 heterocycles. The lowest BCUT2D eigenvalue weighted by molar-refractivity contribution is 0.102. The fraction of sp³-hybridized carbons (Fsp3) is 0.133. The molecule has 0 saturated carbocycles. The van der Waals surface area contributed by atoms with Crippen LogP contribution < -0.4 is 11.1 Å². The number of amides is 1. The molecule has 2 rings (SSSR count). The molecular weight excluding hydrogens is 260 g/mol. The number of aryl methyl sites for hydroxylation is 2. The molecule has 0 aliphatic rings. The summed E-state index contributed by atoms with van der Waals surface area (Å²) >= 11 is 6.01. The van der Waals surface area contributed by atoms with E-state index in [4.69, 9.17) is 17.3 Å². The SMILES string of the molecule is Cc1ccc(C)c(NC(=O)c2cc(N)ccc2Cl)c1. The minimum Gasteiger partial charge on any atom is -0.399 e. The molecule has 0 aliphatic carbocycles. The van der Waals surface area contributed by atoms with E-state index in [0.29, 0.717) is 16.3 Å². The van der Waals surface area contributed by atoms with Crippen LogP contribution in [-0.2, 0) is 0 Å². The molecule has 2 aromatic rings. The fourth-order valence-corrected chi connectivity index (χ4v) is 1.98. The molecule has 0 saturated heterocycles. The topological polar surface area (TPSA) is 55.1 Å². The molecule has 0 unspecified atom stereocenters. The number of carbonyl (C=O) groups excluding carboxylic acids is 1. The molecule has 0 aromatic heterocycles. The second-order valence-corrected chi connectivity index (χ2v) is 4.92. The van der Waals surface area contributed by atoms with Gasteiger partial charge in [0.1, 0.15) is 0 Å². The molecule has 0 spiro atoms. The maximum absolute atomic E-state index is 12.2. The van der Waals surface area contributed by atoms with Crippen LogP contribution in [0.4, 0.5) is 11.4 Å². The summed E-state index contributed by atoms with van der Waals surface area (Å²) in [5.41, 5.74) is 9.42. The molecule has 3 nitrogen and oxygen atoms in total. The molecule has 0 radical (unpaired) electrons. The Kier molecular flexibility index (Phi) is 3.76. The smallest absolute Gasteiger partial charge is 0.257 e. The van der Waals surface area contributed by atoms with Crippen molar-refractivity contribution in [2.75, 3.05) is 11.1 Å². The second-order valence-electron chi connectivity index (χ2n) is 4.51. The van der Waals surface area contributed by atoms with Crippen molar-refractivity contribution in [2.24, 2.45) is 0 Å². The summed E-state index contributed by atoms with van der Waals surface area (Å²) in [5.74, 6) is -0.258. The van der Waals surface area contributed by atoms with Crippen LogP contribution >= 0.6 is 11.6 Å². The highest BCUT2D eigenvalue weighted by Crippen LogP contribution is 2.22. The van der Waals surface area contributed by atoms with Crippen molar-refractivity contribution in [2.45, 2.75) is 13.8 Å². The van der Waals surface area contributed by atoms with Crippen LogP contribution in [0.15, 0.2) is 36.4 Å². The Labute approximate surface area is 117 Å². The predicted octanol–water partition coefficient (Wildman–Crippen LogP) is 3.79. The van der Waals surface area contributed by atoms with Gasteiger partial charge in [-0.1, -0.05) is 23.7 Å². The first-order valence-corrected chi connectivity index (χ1v) is 6.29. The fourth-order valence-electron chi connectivity index (χ4n) is 1.78. The summed E-state index contributed by atoms with van der Waals surface area (Å²) in [5, 5.41) is 3.24. The Morgan fingerprint density at radius 3 is 2.63 bits per heavy atom. The van der Waals surface area contributed by atoms with Crippen LogP contribution in [0.5, 0.6) is 0 Å². The number of anilines is 2. The van der Waals surface area contributed by atoms with Crippen molar-refractivity contribution in [3.8, 4) is 0 Å². The second kappa shape index (κ2) is 5.33. The molecule has 0 fully saturated rings. The molecular formula is C15H15ClN2O. The number of carbonyl (C=O) groups is 1. The van der Waals surface area contributed by atoms with Gasteiger partial charge in [-0.2, -0.15) is 0 Å². The highest BCUT2D eigenvalue weighted by atomic mass is 35.5. The zero-order valence-corrected chi connectivity index (χ0v) is 11.6. The Morgan fingerprint density at radius 2 is 1.89 bits per heavy atom. The number of nitrogens with one attached hydrogen (secondary N) is 1. The molecule has 0 bridgehead atoms. The highest BCUT2D eigenvalue weighted by Gasteiger charge is 2.12. The minimum atomic E-state index is -0.258. The average molecular weight is 275 g/mol. The van der Waals surface area contributed by atoms with E-state index < -0.39 is 0 Å². The maximum atomic E-state index is 12.2. The van der Waals surface area contributed by atoms with E-state index in [0.717, 1.165) is 16.8 Å². The van der Waals surface area contributed by atoms with Gasteiger partial charge in [0.25, 0.3) is 5.91 Å². The van der Waals surface area contributed by atoms with Crippen molar-refractivity contribution in [1.82, 2.24) is 0 Å². The van der Waals surface area contributed by atoms with Crippen LogP contribution in [0.1, 0.15) is 21.5 Å². The van der Waals surface area contributed by atoms with Crippen LogP contribution in [0.2, 0.25) is 5.02 Å². The first-order chi connectivity index (χ1) is 8.97. The van der Waals surface area contributed by atoms with E-state index in [1.165, 1.54) is 0 Å². The first-order valence-electron chi connectivity index (χ1n) is 5.91. The maximum Gasteiger partial charge on any atom is 0.257 e. The van der Waals surface area contributed by atoms with Crippen molar-refractivity contribution >= 4 is 28.9 Å². The summed E-state index contributed by atoms with van der Waals surface area (Å²) in [4.78, 5) is 12.2. The summed E-state index contributed by atoms with van der Waals surface area (Å²) in [7, 11) is 0. The van der Waals surface area contributed by atoms with Gasteiger partial charge in [0.2, 0.25) is 0 Å². The van der Waals surface area contributed by atoms with Gasteiger partial charge in [-0.05, 0) is 49.2 Å². The quantitative estimate of drug-likeness (QED) is 0.819. The number of benzene rings is 2. The molecule has 4 heteroatoms. The van der Waals surface area contributed by atoms with E-state index in [2.05, 4.69) is 5.32 Å².